The van der Waals surface area contributed by atoms with Crippen molar-refractivity contribution in [3.05, 3.63) is 18.3 Å². The second kappa shape index (κ2) is 3.21. The Balaban J connectivity index is 2.71. The van der Waals surface area contributed by atoms with Crippen molar-refractivity contribution < 1.29 is 9.47 Å². The average Bonchev–Trinajstić information content (AvgIpc) is 2.58. The van der Waals surface area contributed by atoms with Crippen LogP contribution in [0.3, 0.4) is 0 Å². The summed E-state index contributed by atoms with van der Waals surface area (Å²) in [4.78, 5) is 4.32. The van der Waals surface area contributed by atoms with Gasteiger partial charge in [0.15, 0.2) is 5.75 Å². The molecule has 0 amide bonds. The molecule has 0 spiro atoms. The SMILES string of the molecule is COc1cc2c(ccn2C)nc1OC. The van der Waals surface area contributed by atoms with Crippen molar-refractivity contribution in [3.63, 3.8) is 0 Å². The second-order valence-corrected chi connectivity index (χ2v) is 3.03. The van der Waals surface area contributed by atoms with Gasteiger partial charge in [0.25, 0.3) is 5.88 Å². The van der Waals surface area contributed by atoms with E-state index in [1.807, 2.05) is 29.9 Å². The van der Waals surface area contributed by atoms with Crippen molar-refractivity contribution in [1.82, 2.24) is 9.55 Å². The molecule has 0 saturated heterocycles. The first-order valence-corrected chi connectivity index (χ1v) is 4.30. The Bertz CT molecular complexity index is 462. The number of rotatable bonds is 2. The Labute approximate surface area is 82.1 Å². The molecule has 0 aliphatic rings. The lowest BCUT2D eigenvalue weighted by molar-refractivity contribution is 0.344. The van der Waals surface area contributed by atoms with Gasteiger partial charge >= 0.3 is 0 Å². The molecule has 0 N–H and O–H groups in total. The number of fused-ring (bicyclic) bond motifs is 1. The van der Waals surface area contributed by atoms with Crippen molar-refractivity contribution in [1.29, 1.82) is 0 Å². The zero-order chi connectivity index (χ0) is 10.1. The molecule has 0 atom stereocenters. The van der Waals surface area contributed by atoms with E-state index in [-0.39, 0.29) is 0 Å². The van der Waals surface area contributed by atoms with E-state index in [0.29, 0.717) is 11.6 Å². The fourth-order valence-corrected chi connectivity index (χ4v) is 1.44. The predicted molar refractivity (Wildman–Crippen MR) is 53.8 cm³/mol. The second-order valence-electron chi connectivity index (χ2n) is 3.03. The maximum atomic E-state index is 5.17. The summed E-state index contributed by atoms with van der Waals surface area (Å²) in [7, 11) is 5.16. The molecule has 2 rings (SSSR count). The minimum absolute atomic E-state index is 0.520. The topological polar surface area (TPSA) is 36.3 Å². The minimum Gasteiger partial charge on any atom is -0.491 e. The Morgan fingerprint density at radius 2 is 2.07 bits per heavy atom. The number of aromatic nitrogens is 2. The largest absolute Gasteiger partial charge is 0.491 e. The molecule has 0 bridgehead atoms. The van der Waals surface area contributed by atoms with Gasteiger partial charge in [-0.25, -0.2) is 4.98 Å². The maximum absolute atomic E-state index is 5.17. The van der Waals surface area contributed by atoms with Crippen LogP contribution in [-0.2, 0) is 7.05 Å². The minimum atomic E-state index is 0.520. The summed E-state index contributed by atoms with van der Waals surface area (Å²) in [6, 6.07) is 3.86. The van der Waals surface area contributed by atoms with Gasteiger partial charge in [0.1, 0.15) is 0 Å². The fraction of sp³-hybridized carbons (Fsp3) is 0.300. The van der Waals surface area contributed by atoms with Crippen molar-refractivity contribution in [3.8, 4) is 11.6 Å². The Morgan fingerprint density at radius 1 is 1.29 bits per heavy atom. The van der Waals surface area contributed by atoms with Gasteiger partial charge in [-0.3, -0.25) is 0 Å². The Hall–Kier alpha value is -1.71. The molecule has 74 valence electrons. The van der Waals surface area contributed by atoms with Crippen LogP contribution in [0, 0.1) is 0 Å². The van der Waals surface area contributed by atoms with E-state index in [4.69, 9.17) is 9.47 Å². The highest BCUT2D eigenvalue weighted by atomic mass is 16.5. The molecule has 2 aromatic heterocycles. The van der Waals surface area contributed by atoms with Crippen LogP contribution in [0.5, 0.6) is 11.6 Å². The lowest BCUT2D eigenvalue weighted by atomic mass is 10.3. The van der Waals surface area contributed by atoms with Gasteiger partial charge in [0, 0.05) is 19.3 Å². The summed E-state index contributed by atoms with van der Waals surface area (Å²) < 4.78 is 12.3. The van der Waals surface area contributed by atoms with Crippen molar-refractivity contribution >= 4 is 11.0 Å². The first kappa shape index (κ1) is 8.87. The molecule has 4 heteroatoms. The molecule has 2 aromatic rings. The van der Waals surface area contributed by atoms with Gasteiger partial charge in [-0.05, 0) is 6.07 Å². The van der Waals surface area contributed by atoms with Gasteiger partial charge in [-0.2, -0.15) is 0 Å². The van der Waals surface area contributed by atoms with Crippen LogP contribution >= 0.6 is 0 Å². The Morgan fingerprint density at radius 3 is 2.71 bits per heavy atom. The van der Waals surface area contributed by atoms with Gasteiger partial charge in [-0.1, -0.05) is 0 Å². The highest BCUT2D eigenvalue weighted by molar-refractivity contribution is 5.78. The smallest absolute Gasteiger partial charge is 0.257 e. The van der Waals surface area contributed by atoms with Crippen LogP contribution in [0.4, 0.5) is 0 Å². The molecular weight excluding hydrogens is 180 g/mol. The molecule has 0 aromatic carbocycles. The molecule has 0 fully saturated rings. The normalized spacial score (nSPS) is 10.5. The van der Waals surface area contributed by atoms with E-state index in [9.17, 15) is 0 Å². The summed E-state index contributed by atoms with van der Waals surface area (Å²) in [5.74, 6) is 1.17. The van der Waals surface area contributed by atoms with Crippen molar-refractivity contribution in [2.75, 3.05) is 14.2 Å². The van der Waals surface area contributed by atoms with Crippen LogP contribution < -0.4 is 9.47 Å². The number of hydrogen-bond acceptors (Lipinski definition) is 3. The van der Waals surface area contributed by atoms with E-state index in [1.54, 1.807) is 14.2 Å². The number of nitrogens with zero attached hydrogens (tertiary/aromatic N) is 2. The lowest BCUT2D eigenvalue weighted by Crippen LogP contribution is -1.94. The molecule has 0 radical (unpaired) electrons. The summed E-state index contributed by atoms with van der Waals surface area (Å²) in [5, 5.41) is 0. The van der Waals surface area contributed by atoms with Crippen LogP contribution in [0.15, 0.2) is 18.3 Å². The van der Waals surface area contributed by atoms with Crippen LogP contribution in [0.2, 0.25) is 0 Å². The van der Waals surface area contributed by atoms with Gasteiger partial charge < -0.3 is 14.0 Å². The first-order chi connectivity index (χ1) is 6.76. The number of ether oxygens (including phenoxy) is 2. The Kier molecular flexibility index (Phi) is 2.04. The maximum Gasteiger partial charge on any atom is 0.257 e. The number of hydrogen-bond donors (Lipinski definition) is 0. The molecule has 0 saturated carbocycles. The quantitative estimate of drug-likeness (QED) is 0.725. The molecule has 0 aliphatic heterocycles. The predicted octanol–water partition coefficient (Wildman–Crippen LogP) is 1.59. The summed E-state index contributed by atoms with van der Waals surface area (Å²) in [6.45, 7) is 0. The monoisotopic (exact) mass is 192 g/mol. The van der Waals surface area contributed by atoms with Gasteiger partial charge in [0.05, 0.1) is 25.3 Å². The van der Waals surface area contributed by atoms with Gasteiger partial charge in [-0.15, -0.1) is 0 Å². The molecule has 4 nitrogen and oxygen atoms in total. The highest BCUT2D eigenvalue weighted by Gasteiger charge is 2.08. The van der Waals surface area contributed by atoms with E-state index in [1.165, 1.54) is 0 Å². The third-order valence-corrected chi connectivity index (χ3v) is 2.21. The van der Waals surface area contributed by atoms with Crippen LogP contribution in [0.25, 0.3) is 11.0 Å². The summed E-state index contributed by atoms with van der Waals surface area (Å²) >= 11 is 0. The van der Waals surface area contributed by atoms with Crippen LogP contribution in [0.1, 0.15) is 0 Å². The average molecular weight is 192 g/mol. The molecule has 0 unspecified atom stereocenters. The third-order valence-electron chi connectivity index (χ3n) is 2.21. The van der Waals surface area contributed by atoms with E-state index in [2.05, 4.69) is 4.98 Å². The number of methoxy groups -OCH3 is 2. The fourth-order valence-electron chi connectivity index (χ4n) is 1.44. The first-order valence-electron chi connectivity index (χ1n) is 4.30. The molecule has 2 heterocycles. The van der Waals surface area contributed by atoms with E-state index < -0.39 is 0 Å². The molecule has 14 heavy (non-hydrogen) atoms. The summed E-state index contributed by atoms with van der Waals surface area (Å²) in [6.07, 6.45) is 1.95. The van der Waals surface area contributed by atoms with E-state index in [0.717, 1.165) is 11.0 Å². The zero-order valence-electron chi connectivity index (χ0n) is 8.44. The van der Waals surface area contributed by atoms with E-state index >= 15 is 0 Å². The number of aryl methyl sites for hydroxylation is 1. The summed E-state index contributed by atoms with van der Waals surface area (Å²) in [5.41, 5.74) is 1.94. The molecule has 0 aliphatic carbocycles. The van der Waals surface area contributed by atoms with Gasteiger partial charge in [0.2, 0.25) is 0 Å². The van der Waals surface area contributed by atoms with Crippen molar-refractivity contribution in [2.24, 2.45) is 7.05 Å². The standard InChI is InChI=1S/C10H12N2O2/c1-12-5-4-7-8(12)6-9(13-2)10(11-7)14-3/h4-6H,1-3H3. The molecular formula is C10H12N2O2. The zero-order valence-corrected chi connectivity index (χ0v) is 8.44. The highest BCUT2D eigenvalue weighted by Crippen LogP contribution is 2.28. The third kappa shape index (κ3) is 1.19. The number of pyridine rings is 1. The van der Waals surface area contributed by atoms with Crippen LogP contribution in [-0.4, -0.2) is 23.8 Å². The lowest BCUT2D eigenvalue weighted by Gasteiger charge is -2.06. The van der Waals surface area contributed by atoms with Crippen molar-refractivity contribution in [2.45, 2.75) is 0 Å².